The van der Waals surface area contributed by atoms with E-state index in [-0.39, 0.29) is 5.90 Å². The SMILES string of the molecule is [O-]C(=Nc1ccc2cc3ccccc3cc2c1)C1=CC=CC1. The fourth-order valence-electron chi connectivity index (χ4n) is 2.79. The van der Waals surface area contributed by atoms with Crippen molar-refractivity contribution in [3.63, 3.8) is 0 Å². The second-order valence-electron chi connectivity index (χ2n) is 5.47. The molecule has 0 unspecified atom stereocenters. The third-order valence-electron chi connectivity index (χ3n) is 3.96. The average molecular weight is 284 g/mol. The van der Waals surface area contributed by atoms with Gasteiger partial charge in [0.2, 0.25) is 0 Å². The molecular formula is C20H14NO-. The molecule has 0 aromatic heterocycles. The molecule has 106 valence electrons. The van der Waals surface area contributed by atoms with Crippen LogP contribution in [0.2, 0.25) is 0 Å². The zero-order valence-corrected chi connectivity index (χ0v) is 12.0. The number of nitrogens with zero attached hydrogens (tertiary/aromatic N) is 1. The molecule has 0 aliphatic heterocycles. The van der Waals surface area contributed by atoms with E-state index in [1.807, 2.05) is 48.6 Å². The first-order valence-corrected chi connectivity index (χ1v) is 7.34. The lowest BCUT2D eigenvalue weighted by atomic mass is 10.0. The van der Waals surface area contributed by atoms with Crippen molar-refractivity contribution < 1.29 is 5.11 Å². The van der Waals surface area contributed by atoms with Gasteiger partial charge in [-0.1, -0.05) is 48.6 Å². The van der Waals surface area contributed by atoms with Crippen LogP contribution in [0.25, 0.3) is 21.5 Å². The van der Waals surface area contributed by atoms with Gasteiger partial charge in [0.1, 0.15) is 0 Å². The zero-order chi connectivity index (χ0) is 14.9. The Hall–Kier alpha value is -2.87. The van der Waals surface area contributed by atoms with Gasteiger partial charge in [0.25, 0.3) is 0 Å². The molecule has 0 radical (unpaired) electrons. The lowest BCUT2D eigenvalue weighted by Crippen LogP contribution is -2.18. The predicted octanol–water partition coefficient (Wildman–Crippen LogP) is 4.27. The fourth-order valence-corrected chi connectivity index (χ4v) is 2.79. The third-order valence-corrected chi connectivity index (χ3v) is 3.96. The van der Waals surface area contributed by atoms with Gasteiger partial charge in [0.15, 0.2) is 0 Å². The molecule has 0 spiro atoms. The van der Waals surface area contributed by atoms with E-state index in [4.69, 9.17) is 0 Å². The van der Waals surface area contributed by atoms with Gasteiger partial charge in [-0.2, -0.15) is 0 Å². The van der Waals surface area contributed by atoms with E-state index in [1.165, 1.54) is 10.8 Å². The van der Waals surface area contributed by atoms with E-state index in [9.17, 15) is 5.11 Å². The van der Waals surface area contributed by atoms with Gasteiger partial charge in [-0.05, 0) is 63.7 Å². The molecule has 1 aliphatic carbocycles. The highest BCUT2D eigenvalue weighted by molar-refractivity contribution is 6.00. The number of allylic oxidation sites excluding steroid dienone is 3. The molecule has 0 N–H and O–H groups in total. The fraction of sp³-hybridized carbons (Fsp3) is 0.0500. The average Bonchev–Trinajstić information content (AvgIpc) is 3.07. The van der Waals surface area contributed by atoms with Gasteiger partial charge in [-0.3, -0.25) is 4.99 Å². The maximum Gasteiger partial charge on any atom is 0.0628 e. The van der Waals surface area contributed by atoms with E-state index < -0.39 is 0 Å². The van der Waals surface area contributed by atoms with Crippen molar-refractivity contribution in [2.45, 2.75) is 6.42 Å². The van der Waals surface area contributed by atoms with E-state index >= 15 is 0 Å². The minimum atomic E-state index is -0.148. The Morgan fingerprint density at radius 2 is 1.59 bits per heavy atom. The lowest BCUT2D eigenvalue weighted by Gasteiger charge is -2.12. The molecule has 3 aromatic rings. The molecule has 4 rings (SSSR count). The Bertz CT molecular complexity index is 964. The Morgan fingerprint density at radius 1 is 0.864 bits per heavy atom. The maximum atomic E-state index is 12.1. The van der Waals surface area contributed by atoms with Gasteiger partial charge < -0.3 is 5.11 Å². The molecule has 0 atom stereocenters. The summed E-state index contributed by atoms with van der Waals surface area (Å²) < 4.78 is 0. The Morgan fingerprint density at radius 3 is 2.32 bits per heavy atom. The maximum absolute atomic E-state index is 12.1. The van der Waals surface area contributed by atoms with Crippen molar-refractivity contribution in [3.05, 3.63) is 78.4 Å². The topological polar surface area (TPSA) is 35.4 Å². The van der Waals surface area contributed by atoms with Crippen LogP contribution in [0.15, 0.2) is 83.4 Å². The first-order valence-electron chi connectivity index (χ1n) is 7.34. The second-order valence-corrected chi connectivity index (χ2v) is 5.47. The molecule has 0 fully saturated rings. The second kappa shape index (κ2) is 5.15. The van der Waals surface area contributed by atoms with Crippen LogP contribution >= 0.6 is 0 Å². The van der Waals surface area contributed by atoms with Crippen LogP contribution in [0.4, 0.5) is 5.69 Å². The molecule has 0 saturated carbocycles. The lowest BCUT2D eigenvalue weighted by molar-refractivity contribution is -0.213. The minimum Gasteiger partial charge on any atom is -0.858 e. The number of hydrogen-bond donors (Lipinski definition) is 0. The highest BCUT2D eigenvalue weighted by atomic mass is 16.3. The molecule has 2 nitrogen and oxygen atoms in total. The van der Waals surface area contributed by atoms with E-state index in [2.05, 4.69) is 29.3 Å². The van der Waals surface area contributed by atoms with Crippen LogP contribution in [-0.2, 0) is 0 Å². The Labute approximate surface area is 128 Å². The standard InChI is InChI=1S/C20H15NO/c22-20(14-5-1-2-6-14)21-19-10-9-17-11-15-7-3-4-8-16(15)12-18(17)13-19/h1-5,7-13H,6H2,(H,21,22)/p-1. The molecule has 3 aromatic carbocycles. The van der Waals surface area contributed by atoms with Gasteiger partial charge in [-0.15, -0.1) is 0 Å². The van der Waals surface area contributed by atoms with Gasteiger partial charge in [0, 0.05) is 0 Å². The van der Waals surface area contributed by atoms with Gasteiger partial charge >= 0.3 is 0 Å². The van der Waals surface area contributed by atoms with E-state index in [0.717, 1.165) is 16.3 Å². The number of rotatable bonds is 2. The molecule has 0 heterocycles. The van der Waals surface area contributed by atoms with Crippen LogP contribution < -0.4 is 5.11 Å². The first-order chi connectivity index (χ1) is 10.8. The van der Waals surface area contributed by atoms with E-state index in [1.54, 1.807) is 0 Å². The van der Waals surface area contributed by atoms with Crippen LogP contribution in [0.3, 0.4) is 0 Å². The van der Waals surface area contributed by atoms with Crippen molar-refractivity contribution in [1.29, 1.82) is 0 Å². The van der Waals surface area contributed by atoms with Crippen LogP contribution in [0.1, 0.15) is 6.42 Å². The molecule has 0 saturated heterocycles. The number of hydrogen-bond acceptors (Lipinski definition) is 2. The smallest absolute Gasteiger partial charge is 0.0628 e. The highest BCUT2D eigenvalue weighted by Gasteiger charge is 2.01. The quantitative estimate of drug-likeness (QED) is 0.393. The summed E-state index contributed by atoms with van der Waals surface area (Å²) in [4.78, 5) is 4.22. The van der Waals surface area contributed by atoms with Crippen molar-refractivity contribution in [2.75, 3.05) is 0 Å². The molecule has 2 heteroatoms. The summed E-state index contributed by atoms with van der Waals surface area (Å²) >= 11 is 0. The minimum absolute atomic E-state index is 0.148. The first kappa shape index (κ1) is 12.8. The van der Waals surface area contributed by atoms with E-state index in [0.29, 0.717) is 12.1 Å². The summed E-state index contributed by atoms with van der Waals surface area (Å²) in [6.45, 7) is 0. The van der Waals surface area contributed by atoms with Crippen LogP contribution in [0.5, 0.6) is 0 Å². The van der Waals surface area contributed by atoms with Gasteiger partial charge in [-0.25, -0.2) is 0 Å². The third kappa shape index (κ3) is 2.29. The van der Waals surface area contributed by atoms with Crippen LogP contribution in [-0.4, -0.2) is 5.90 Å². The molecular weight excluding hydrogens is 270 g/mol. The number of fused-ring (bicyclic) bond motifs is 2. The number of benzene rings is 3. The Balaban J connectivity index is 1.79. The van der Waals surface area contributed by atoms with Crippen molar-refractivity contribution in [1.82, 2.24) is 0 Å². The summed E-state index contributed by atoms with van der Waals surface area (Å²) in [5.41, 5.74) is 1.46. The van der Waals surface area contributed by atoms with Crippen molar-refractivity contribution in [3.8, 4) is 0 Å². The molecule has 0 bridgehead atoms. The van der Waals surface area contributed by atoms with Crippen molar-refractivity contribution >= 4 is 33.1 Å². The van der Waals surface area contributed by atoms with Crippen molar-refractivity contribution in [2.24, 2.45) is 4.99 Å². The highest BCUT2D eigenvalue weighted by Crippen LogP contribution is 2.27. The molecule has 22 heavy (non-hydrogen) atoms. The van der Waals surface area contributed by atoms with Crippen LogP contribution in [0, 0.1) is 0 Å². The predicted molar refractivity (Wildman–Crippen MR) is 90.4 cm³/mol. The summed E-state index contributed by atoms with van der Waals surface area (Å²) in [6.07, 6.45) is 6.38. The molecule has 0 amide bonds. The molecule has 1 aliphatic rings. The summed E-state index contributed by atoms with van der Waals surface area (Å²) in [5, 5.41) is 16.8. The largest absolute Gasteiger partial charge is 0.858 e. The van der Waals surface area contributed by atoms with Gasteiger partial charge in [0.05, 0.1) is 5.69 Å². The summed E-state index contributed by atoms with van der Waals surface area (Å²) in [5.74, 6) is -0.148. The normalized spacial score (nSPS) is 14.7. The zero-order valence-electron chi connectivity index (χ0n) is 12.0. The Kier molecular flexibility index (Phi) is 3.01. The monoisotopic (exact) mass is 284 g/mol. The summed E-state index contributed by atoms with van der Waals surface area (Å²) in [6, 6.07) is 18.5. The summed E-state index contributed by atoms with van der Waals surface area (Å²) in [7, 11) is 0. The number of aliphatic imine (C=N–C) groups is 1.